The van der Waals surface area contributed by atoms with Crippen LogP contribution >= 0.6 is 0 Å². The van der Waals surface area contributed by atoms with E-state index in [1.54, 1.807) is 16.9 Å². The molecule has 1 amide bonds. The number of nitrogens with one attached hydrogen (secondary N) is 1. The number of aromatic nitrogens is 2. The number of hydrogen-bond acceptors (Lipinski definition) is 3. The van der Waals surface area contributed by atoms with Crippen LogP contribution in [0.1, 0.15) is 37.4 Å². The van der Waals surface area contributed by atoms with E-state index in [0.29, 0.717) is 12.2 Å². The first kappa shape index (κ1) is 18.2. The molecule has 0 saturated heterocycles. The van der Waals surface area contributed by atoms with Gasteiger partial charge in [0.25, 0.3) is 0 Å². The fourth-order valence-electron chi connectivity index (χ4n) is 3.56. The van der Waals surface area contributed by atoms with E-state index >= 15 is 0 Å². The standard InChI is InChI=1S/C22H22FN3O2/c1-22(2)12-19(18-9-8-16(23)11-20(18)28-22)25-21(27)10-15-13-24-26(14-15)17-6-4-3-5-7-17/h3-9,11,13-14,19H,10,12H2,1-2H3,(H,25,27). The van der Waals surface area contributed by atoms with Gasteiger partial charge in [-0.1, -0.05) is 24.3 Å². The van der Waals surface area contributed by atoms with Gasteiger partial charge in [-0.25, -0.2) is 9.07 Å². The Balaban J connectivity index is 1.48. The SMILES string of the molecule is CC1(C)CC(NC(=O)Cc2cnn(-c3ccccc3)c2)c2ccc(F)cc2O1. The number of fused-ring (bicyclic) bond motifs is 1. The molecular formula is C22H22FN3O2. The molecule has 1 aliphatic rings. The third-order valence-corrected chi connectivity index (χ3v) is 4.79. The summed E-state index contributed by atoms with van der Waals surface area (Å²) in [7, 11) is 0. The van der Waals surface area contributed by atoms with Crippen molar-refractivity contribution in [1.82, 2.24) is 15.1 Å². The molecule has 0 aliphatic carbocycles. The molecule has 1 unspecified atom stereocenters. The molecule has 3 aromatic rings. The van der Waals surface area contributed by atoms with Crippen LogP contribution in [0.4, 0.5) is 4.39 Å². The van der Waals surface area contributed by atoms with E-state index < -0.39 is 5.60 Å². The van der Waals surface area contributed by atoms with Crippen LogP contribution in [0.3, 0.4) is 0 Å². The van der Waals surface area contributed by atoms with E-state index in [-0.39, 0.29) is 24.2 Å². The normalized spacial score (nSPS) is 17.5. The molecule has 144 valence electrons. The minimum atomic E-state index is -0.489. The lowest BCUT2D eigenvalue weighted by atomic mass is 9.89. The predicted octanol–water partition coefficient (Wildman–Crippen LogP) is 3.97. The summed E-state index contributed by atoms with van der Waals surface area (Å²) in [6.45, 7) is 3.87. The highest BCUT2D eigenvalue weighted by Crippen LogP contribution is 2.39. The second kappa shape index (κ2) is 7.11. The first-order valence-corrected chi connectivity index (χ1v) is 9.26. The summed E-state index contributed by atoms with van der Waals surface area (Å²) in [5, 5.41) is 7.40. The Morgan fingerprint density at radius 3 is 2.86 bits per heavy atom. The molecule has 28 heavy (non-hydrogen) atoms. The fraction of sp³-hybridized carbons (Fsp3) is 0.273. The first-order valence-electron chi connectivity index (χ1n) is 9.26. The molecule has 4 rings (SSSR count). The van der Waals surface area contributed by atoms with Crippen LogP contribution < -0.4 is 10.1 Å². The van der Waals surface area contributed by atoms with Gasteiger partial charge >= 0.3 is 0 Å². The Kier molecular flexibility index (Phi) is 4.63. The Bertz CT molecular complexity index is 998. The van der Waals surface area contributed by atoms with Crippen molar-refractivity contribution in [3.8, 4) is 11.4 Å². The summed E-state index contributed by atoms with van der Waals surface area (Å²) in [5.41, 5.74) is 2.08. The van der Waals surface area contributed by atoms with Crippen LogP contribution in [0, 0.1) is 5.82 Å². The number of ether oxygens (including phenoxy) is 1. The zero-order chi connectivity index (χ0) is 19.7. The molecule has 6 heteroatoms. The second-order valence-corrected chi connectivity index (χ2v) is 7.67. The summed E-state index contributed by atoms with van der Waals surface area (Å²) in [4.78, 5) is 12.7. The lowest BCUT2D eigenvalue weighted by Gasteiger charge is -2.37. The van der Waals surface area contributed by atoms with Gasteiger partial charge in [0.2, 0.25) is 5.91 Å². The van der Waals surface area contributed by atoms with Gasteiger partial charge in [-0.3, -0.25) is 4.79 Å². The summed E-state index contributed by atoms with van der Waals surface area (Å²) in [5.74, 6) is 0.0267. The quantitative estimate of drug-likeness (QED) is 0.746. The molecule has 1 aliphatic heterocycles. The van der Waals surface area contributed by atoms with Crippen molar-refractivity contribution in [3.05, 3.63) is 77.9 Å². The third kappa shape index (κ3) is 3.91. The molecule has 0 spiro atoms. The van der Waals surface area contributed by atoms with Gasteiger partial charge < -0.3 is 10.1 Å². The summed E-state index contributed by atoms with van der Waals surface area (Å²) < 4.78 is 21.2. The lowest BCUT2D eigenvalue weighted by molar-refractivity contribution is -0.121. The summed E-state index contributed by atoms with van der Waals surface area (Å²) >= 11 is 0. The lowest BCUT2D eigenvalue weighted by Crippen LogP contribution is -2.41. The van der Waals surface area contributed by atoms with Crippen LogP contribution in [0.15, 0.2) is 60.9 Å². The minimum Gasteiger partial charge on any atom is -0.487 e. The van der Waals surface area contributed by atoms with Crippen molar-refractivity contribution in [2.24, 2.45) is 0 Å². The van der Waals surface area contributed by atoms with Gasteiger partial charge in [-0.15, -0.1) is 0 Å². The number of nitrogens with zero attached hydrogens (tertiary/aromatic N) is 2. The molecule has 0 saturated carbocycles. The molecule has 0 radical (unpaired) electrons. The van der Waals surface area contributed by atoms with E-state index in [9.17, 15) is 9.18 Å². The number of carbonyl (C=O) groups is 1. The first-order chi connectivity index (χ1) is 13.4. The maximum absolute atomic E-state index is 13.6. The van der Waals surface area contributed by atoms with Crippen molar-refractivity contribution >= 4 is 5.91 Å². The molecule has 0 fully saturated rings. The van der Waals surface area contributed by atoms with Crippen LogP contribution in [0.5, 0.6) is 5.75 Å². The number of hydrogen-bond donors (Lipinski definition) is 1. The van der Waals surface area contributed by atoms with Gasteiger partial charge in [-0.05, 0) is 37.6 Å². The number of rotatable bonds is 4. The van der Waals surface area contributed by atoms with Gasteiger partial charge in [-0.2, -0.15) is 5.10 Å². The zero-order valence-corrected chi connectivity index (χ0v) is 15.9. The molecule has 0 bridgehead atoms. The monoisotopic (exact) mass is 379 g/mol. The molecule has 2 aromatic carbocycles. The summed E-state index contributed by atoms with van der Waals surface area (Å²) in [6, 6.07) is 14.0. The molecule has 1 aromatic heterocycles. The van der Waals surface area contributed by atoms with Crippen LogP contribution in [0.2, 0.25) is 0 Å². The molecular weight excluding hydrogens is 357 g/mol. The van der Waals surface area contributed by atoms with Crippen LogP contribution in [0.25, 0.3) is 5.69 Å². The Morgan fingerprint density at radius 2 is 2.07 bits per heavy atom. The number of carbonyl (C=O) groups excluding carboxylic acids is 1. The van der Waals surface area contributed by atoms with E-state index in [2.05, 4.69) is 10.4 Å². The van der Waals surface area contributed by atoms with Gasteiger partial charge in [0.05, 0.1) is 24.3 Å². The largest absolute Gasteiger partial charge is 0.487 e. The van der Waals surface area contributed by atoms with Crippen molar-refractivity contribution in [2.45, 2.75) is 38.3 Å². The maximum atomic E-state index is 13.6. The molecule has 5 nitrogen and oxygen atoms in total. The van der Waals surface area contributed by atoms with Crippen molar-refractivity contribution in [1.29, 1.82) is 0 Å². The van der Waals surface area contributed by atoms with E-state index in [0.717, 1.165) is 16.8 Å². The number of halogens is 1. The minimum absolute atomic E-state index is 0.106. The highest BCUT2D eigenvalue weighted by atomic mass is 19.1. The fourth-order valence-corrected chi connectivity index (χ4v) is 3.56. The third-order valence-electron chi connectivity index (χ3n) is 4.79. The molecule has 1 atom stereocenters. The van der Waals surface area contributed by atoms with E-state index in [4.69, 9.17) is 4.74 Å². The van der Waals surface area contributed by atoms with E-state index in [1.807, 2.05) is 50.4 Å². The van der Waals surface area contributed by atoms with Gasteiger partial charge in [0.1, 0.15) is 17.2 Å². The van der Waals surface area contributed by atoms with Gasteiger partial charge in [0, 0.05) is 24.2 Å². The zero-order valence-electron chi connectivity index (χ0n) is 15.9. The Hall–Kier alpha value is -3.15. The number of amides is 1. The van der Waals surface area contributed by atoms with Crippen molar-refractivity contribution < 1.29 is 13.9 Å². The maximum Gasteiger partial charge on any atom is 0.225 e. The molecule has 2 heterocycles. The predicted molar refractivity (Wildman–Crippen MR) is 104 cm³/mol. The topological polar surface area (TPSA) is 56.2 Å². The number of para-hydroxylation sites is 1. The smallest absolute Gasteiger partial charge is 0.225 e. The van der Waals surface area contributed by atoms with E-state index in [1.165, 1.54) is 12.1 Å². The van der Waals surface area contributed by atoms with Gasteiger partial charge in [0.15, 0.2) is 0 Å². The highest BCUT2D eigenvalue weighted by Gasteiger charge is 2.34. The molecule has 1 N–H and O–H groups in total. The van der Waals surface area contributed by atoms with Crippen molar-refractivity contribution in [2.75, 3.05) is 0 Å². The second-order valence-electron chi connectivity index (χ2n) is 7.67. The van der Waals surface area contributed by atoms with Crippen LogP contribution in [-0.2, 0) is 11.2 Å². The highest BCUT2D eigenvalue weighted by molar-refractivity contribution is 5.79. The van der Waals surface area contributed by atoms with Crippen molar-refractivity contribution in [3.63, 3.8) is 0 Å². The average Bonchev–Trinajstić information content (AvgIpc) is 3.09. The Morgan fingerprint density at radius 1 is 1.29 bits per heavy atom. The average molecular weight is 379 g/mol. The summed E-state index contributed by atoms with van der Waals surface area (Å²) in [6.07, 6.45) is 4.39. The Labute approximate surface area is 163 Å². The van der Waals surface area contributed by atoms with Crippen LogP contribution in [-0.4, -0.2) is 21.3 Å². The number of benzene rings is 2.